The molecule has 0 aromatic carbocycles. The lowest BCUT2D eigenvalue weighted by Gasteiger charge is -2.29. The summed E-state index contributed by atoms with van der Waals surface area (Å²) in [7, 11) is 0. The van der Waals surface area contributed by atoms with Crippen molar-refractivity contribution in [3.05, 3.63) is 23.9 Å². The molecule has 1 heterocycles. The van der Waals surface area contributed by atoms with Crippen molar-refractivity contribution in [3.8, 4) is 0 Å². The SMILES string of the molecule is CCCC1CCC(Nc2cccc(C(F)(F)F)n2)CC1. The predicted octanol–water partition coefficient (Wildman–Crippen LogP) is 4.87. The summed E-state index contributed by atoms with van der Waals surface area (Å²) in [5, 5.41) is 3.14. The van der Waals surface area contributed by atoms with Gasteiger partial charge in [0.05, 0.1) is 0 Å². The first kappa shape index (κ1) is 15.1. The maximum absolute atomic E-state index is 12.6. The van der Waals surface area contributed by atoms with Gasteiger partial charge in [0.1, 0.15) is 11.5 Å². The van der Waals surface area contributed by atoms with Gasteiger partial charge >= 0.3 is 6.18 Å². The summed E-state index contributed by atoms with van der Waals surface area (Å²) in [6.45, 7) is 2.19. The molecule has 1 aromatic heterocycles. The molecule has 0 saturated heterocycles. The van der Waals surface area contributed by atoms with Crippen LogP contribution in [0.1, 0.15) is 51.1 Å². The Morgan fingerprint density at radius 1 is 1.20 bits per heavy atom. The van der Waals surface area contributed by atoms with Gasteiger partial charge in [0.2, 0.25) is 0 Å². The van der Waals surface area contributed by atoms with Crippen molar-refractivity contribution in [3.63, 3.8) is 0 Å². The van der Waals surface area contributed by atoms with Crippen LogP contribution in [0.2, 0.25) is 0 Å². The molecule has 0 atom stereocenters. The maximum atomic E-state index is 12.6. The molecule has 1 saturated carbocycles. The lowest BCUT2D eigenvalue weighted by molar-refractivity contribution is -0.141. The van der Waals surface area contributed by atoms with Gasteiger partial charge in [0.25, 0.3) is 0 Å². The third-order valence-corrected chi connectivity index (χ3v) is 3.94. The Balaban J connectivity index is 1.91. The van der Waals surface area contributed by atoms with E-state index in [4.69, 9.17) is 0 Å². The quantitative estimate of drug-likeness (QED) is 0.854. The number of aromatic nitrogens is 1. The number of hydrogen-bond acceptors (Lipinski definition) is 2. The average molecular weight is 286 g/mol. The van der Waals surface area contributed by atoms with Crippen LogP contribution in [0.3, 0.4) is 0 Å². The Kier molecular flexibility index (Phi) is 4.89. The largest absolute Gasteiger partial charge is 0.433 e. The zero-order chi connectivity index (χ0) is 14.6. The van der Waals surface area contributed by atoms with Gasteiger partial charge < -0.3 is 5.32 Å². The van der Waals surface area contributed by atoms with Crippen molar-refractivity contribution in [2.24, 2.45) is 5.92 Å². The molecule has 0 radical (unpaired) electrons. The number of nitrogens with one attached hydrogen (secondary N) is 1. The molecule has 0 amide bonds. The minimum atomic E-state index is -4.38. The van der Waals surface area contributed by atoms with E-state index in [1.807, 2.05) is 0 Å². The molecule has 20 heavy (non-hydrogen) atoms. The van der Waals surface area contributed by atoms with E-state index in [0.29, 0.717) is 5.82 Å². The van der Waals surface area contributed by atoms with Gasteiger partial charge in [-0.1, -0.05) is 25.8 Å². The summed E-state index contributed by atoms with van der Waals surface area (Å²) in [4.78, 5) is 3.66. The maximum Gasteiger partial charge on any atom is 0.433 e. The van der Waals surface area contributed by atoms with Crippen LogP contribution in [0.5, 0.6) is 0 Å². The van der Waals surface area contributed by atoms with Gasteiger partial charge in [0, 0.05) is 6.04 Å². The van der Waals surface area contributed by atoms with Gasteiger partial charge in [0.15, 0.2) is 0 Å². The molecule has 112 valence electrons. The number of pyridine rings is 1. The Labute approximate surface area is 117 Å². The van der Waals surface area contributed by atoms with Gasteiger partial charge in [-0.3, -0.25) is 0 Å². The van der Waals surface area contributed by atoms with E-state index in [9.17, 15) is 13.2 Å². The second-order valence-electron chi connectivity index (χ2n) is 5.56. The van der Waals surface area contributed by atoms with E-state index in [2.05, 4.69) is 17.2 Å². The lowest BCUT2D eigenvalue weighted by atomic mass is 9.83. The highest BCUT2D eigenvalue weighted by atomic mass is 19.4. The Morgan fingerprint density at radius 3 is 2.50 bits per heavy atom. The second-order valence-corrected chi connectivity index (χ2v) is 5.56. The second kappa shape index (κ2) is 6.46. The summed E-state index contributed by atoms with van der Waals surface area (Å²) in [5.41, 5.74) is -0.831. The van der Waals surface area contributed by atoms with Crippen molar-refractivity contribution >= 4 is 5.82 Å². The smallest absolute Gasteiger partial charge is 0.367 e. The topological polar surface area (TPSA) is 24.9 Å². The molecule has 0 bridgehead atoms. The standard InChI is InChI=1S/C15H21F3N2/c1-2-4-11-7-9-12(10-8-11)19-14-6-3-5-13(20-14)15(16,17)18/h3,5-6,11-12H,2,4,7-10H2,1H3,(H,19,20). The molecular weight excluding hydrogens is 265 g/mol. The highest BCUT2D eigenvalue weighted by Crippen LogP contribution is 2.31. The van der Waals surface area contributed by atoms with Gasteiger partial charge in [-0.2, -0.15) is 13.2 Å². The Bertz CT molecular complexity index is 423. The summed E-state index contributed by atoms with van der Waals surface area (Å²) in [6.07, 6.45) is 2.43. The number of anilines is 1. The molecule has 1 N–H and O–H groups in total. The lowest BCUT2D eigenvalue weighted by Crippen LogP contribution is -2.26. The minimum absolute atomic E-state index is 0.249. The molecule has 1 aromatic rings. The molecule has 1 aliphatic rings. The number of rotatable bonds is 4. The molecule has 1 fully saturated rings. The highest BCUT2D eigenvalue weighted by molar-refractivity contribution is 5.37. The fraction of sp³-hybridized carbons (Fsp3) is 0.667. The van der Waals surface area contributed by atoms with Crippen LogP contribution in [0.4, 0.5) is 19.0 Å². The molecule has 0 spiro atoms. The van der Waals surface area contributed by atoms with E-state index in [-0.39, 0.29) is 6.04 Å². The molecule has 0 aliphatic heterocycles. The third-order valence-electron chi connectivity index (χ3n) is 3.94. The zero-order valence-corrected chi connectivity index (χ0v) is 11.7. The van der Waals surface area contributed by atoms with Gasteiger partial charge in [-0.05, 0) is 43.7 Å². The summed E-state index contributed by atoms with van der Waals surface area (Å²) in [6, 6.07) is 4.26. The van der Waals surface area contributed by atoms with Crippen LogP contribution < -0.4 is 5.32 Å². The van der Waals surface area contributed by atoms with Crippen LogP contribution in [0.15, 0.2) is 18.2 Å². The van der Waals surface area contributed by atoms with E-state index in [1.54, 1.807) is 6.07 Å². The van der Waals surface area contributed by atoms with Crippen molar-refractivity contribution < 1.29 is 13.2 Å². The molecular formula is C15H21F3N2. The predicted molar refractivity (Wildman–Crippen MR) is 73.5 cm³/mol. The first-order chi connectivity index (χ1) is 9.49. The monoisotopic (exact) mass is 286 g/mol. The summed E-state index contributed by atoms with van der Waals surface area (Å²) in [5.74, 6) is 1.12. The number of halogens is 3. The number of nitrogens with zero attached hydrogens (tertiary/aromatic N) is 1. The van der Waals surface area contributed by atoms with Crippen LogP contribution in [-0.2, 0) is 6.18 Å². The van der Waals surface area contributed by atoms with E-state index >= 15 is 0 Å². The third kappa shape index (κ3) is 4.12. The van der Waals surface area contributed by atoms with Gasteiger partial charge in [-0.15, -0.1) is 0 Å². The highest BCUT2D eigenvalue weighted by Gasteiger charge is 2.32. The van der Waals surface area contributed by atoms with Crippen molar-refractivity contribution in [2.75, 3.05) is 5.32 Å². The summed E-state index contributed by atoms with van der Waals surface area (Å²) < 4.78 is 37.8. The van der Waals surface area contributed by atoms with Crippen molar-refractivity contribution in [1.82, 2.24) is 4.98 Å². The van der Waals surface area contributed by atoms with Crippen molar-refractivity contribution in [1.29, 1.82) is 0 Å². The Morgan fingerprint density at radius 2 is 1.90 bits per heavy atom. The first-order valence-corrected chi connectivity index (χ1v) is 7.30. The molecule has 2 nitrogen and oxygen atoms in total. The van der Waals surface area contributed by atoms with E-state index in [0.717, 1.165) is 37.7 Å². The fourth-order valence-electron chi connectivity index (χ4n) is 2.89. The average Bonchev–Trinajstić information content (AvgIpc) is 2.41. The normalized spacial score (nSPS) is 23.6. The zero-order valence-electron chi connectivity index (χ0n) is 11.7. The minimum Gasteiger partial charge on any atom is -0.367 e. The van der Waals surface area contributed by atoms with E-state index < -0.39 is 11.9 Å². The number of hydrogen-bond donors (Lipinski definition) is 1. The van der Waals surface area contributed by atoms with E-state index in [1.165, 1.54) is 18.9 Å². The summed E-state index contributed by atoms with van der Waals surface area (Å²) >= 11 is 0. The van der Waals surface area contributed by atoms with Gasteiger partial charge in [-0.25, -0.2) is 4.98 Å². The van der Waals surface area contributed by atoms with Crippen LogP contribution in [-0.4, -0.2) is 11.0 Å². The van der Waals surface area contributed by atoms with Crippen molar-refractivity contribution in [2.45, 2.75) is 57.7 Å². The molecule has 0 unspecified atom stereocenters. The van der Waals surface area contributed by atoms with Crippen LogP contribution >= 0.6 is 0 Å². The van der Waals surface area contributed by atoms with Crippen LogP contribution in [0.25, 0.3) is 0 Å². The first-order valence-electron chi connectivity index (χ1n) is 7.30. The Hall–Kier alpha value is -1.26. The fourth-order valence-corrected chi connectivity index (χ4v) is 2.89. The molecule has 5 heteroatoms. The number of alkyl halides is 3. The van der Waals surface area contributed by atoms with Crippen LogP contribution in [0, 0.1) is 5.92 Å². The molecule has 2 rings (SSSR count). The molecule has 1 aliphatic carbocycles.